The van der Waals surface area contributed by atoms with Crippen LogP contribution in [0.2, 0.25) is 10.0 Å². The molecule has 0 saturated heterocycles. The lowest BCUT2D eigenvalue weighted by atomic mass is 9.76. The molecule has 1 N–H and O–H groups in total. The number of Topliss-reactive ketones (excluding diaryl/α,β-unsaturated/α-hetero) is 2. The average molecular weight is 452 g/mol. The summed E-state index contributed by atoms with van der Waals surface area (Å²) < 4.78 is 0. The first kappa shape index (κ1) is 23.8. The van der Waals surface area contributed by atoms with E-state index in [-0.39, 0.29) is 23.3 Å². The summed E-state index contributed by atoms with van der Waals surface area (Å²) in [5.41, 5.74) is 0.730. The number of nitrogens with one attached hydrogen (secondary N) is 1. The van der Waals surface area contributed by atoms with E-state index in [4.69, 9.17) is 23.2 Å². The van der Waals surface area contributed by atoms with Crippen LogP contribution in [-0.4, -0.2) is 17.6 Å². The third-order valence-corrected chi connectivity index (χ3v) is 7.82. The van der Waals surface area contributed by atoms with E-state index < -0.39 is 0 Å². The molecule has 0 heterocycles. The van der Waals surface area contributed by atoms with E-state index >= 15 is 0 Å². The normalized spacial score (nSPS) is 27.9. The van der Waals surface area contributed by atoms with Crippen LogP contribution in [0, 0.1) is 29.1 Å². The van der Waals surface area contributed by atoms with Crippen LogP contribution in [0.5, 0.6) is 0 Å². The molecule has 2 saturated carbocycles. The minimum Gasteiger partial charge on any atom is -0.303 e. The van der Waals surface area contributed by atoms with E-state index in [0.717, 1.165) is 37.7 Å². The van der Waals surface area contributed by atoms with E-state index in [0.29, 0.717) is 40.0 Å². The molecule has 3 rings (SSSR count). The summed E-state index contributed by atoms with van der Waals surface area (Å²) in [7, 11) is 0. The minimum atomic E-state index is -0.261. The topological polar surface area (TPSA) is 46.2 Å². The third-order valence-electron chi connectivity index (χ3n) is 7.23. The molecular weight excluding hydrogens is 417 g/mol. The zero-order valence-corrected chi connectivity index (χ0v) is 20.2. The molecule has 0 radical (unpaired) electrons. The van der Waals surface area contributed by atoms with Gasteiger partial charge in [-0.3, -0.25) is 9.59 Å². The van der Waals surface area contributed by atoms with Crippen LogP contribution < -0.4 is 5.32 Å². The Kier molecular flexibility index (Phi) is 7.69. The van der Waals surface area contributed by atoms with Crippen molar-refractivity contribution < 1.29 is 9.59 Å². The molecule has 2 unspecified atom stereocenters. The number of carbonyl (C=O) groups excluding carboxylic acids is 2. The Balaban J connectivity index is 1.75. The van der Waals surface area contributed by atoms with Crippen LogP contribution in [0.25, 0.3) is 0 Å². The predicted molar refractivity (Wildman–Crippen MR) is 124 cm³/mol. The number of benzene rings is 1. The van der Waals surface area contributed by atoms with Gasteiger partial charge in [0.05, 0.1) is 6.04 Å². The van der Waals surface area contributed by atoms with Gasteiger partial charge in [-0.1, -0.05) is 62.9 Å². The Hall–Kier alpha value is -0.900. The van der Waals surface area contributed by atoms with Crippen LogP contribution >= 0.6 is 23.2 Å². The zero-order chi connectivity index (χ0) is 22.1. The summed E-state index contributed by atoms with van der Waals surface area (Å²) in [6.45, 7) is 8.59. The highest BCUT2D eigenvalue weighted by Crippen LogP contribution is 2.46. The average Bonchev–Trinajstić information content (AvgIpc) is 3.01. The van der Waals surface area contributed by atoms with Gasteiger partial charge in [-0.2, -0.15) is 0 Å². The first-order chi connectivity index (χ1) is 14.1. The molecule has 3 nitrogen and oxygen atoms in total. The van der Waals surface area contributed by atoms with Crippen molar-refractivity contribution in [2.24, 2.45) is 29.1 Å². The first-order valence-corrected chi connectivity index (χ1v) is 12.0. The van der Waals surface area contributed by atoms with Gasteiger partial charge in [0, 0.05) is 28.4 Å². The Bertz CT molecular complexity index is 786. The summed E-state index contributed by atoms with van der Waals surface area (Å²) in [6, 6.07) is 5.21. The van der Waals surface area contributed by atoms with Crippen molar-refractivity contribution in [1.29, 1.82) is 0 Å². The highest BCUT2D eigenvalue weighted by atomic mass is 35.5. The van der Waals surface area contributed by atoms with Crippen molar-refractivity contribution in [1.82, 2.24) is 5.32 Å². The number of halogens is 2. The monoisotopic (exact) mass is 451 g/mol. The molecule has 2 fully saturated rings. The van der Waals surface area contributed by atoms with Gasteiger partial charge in [-0.05, 0) is 67.6 Å². The molecule has 0 amide bonds. The molecule has 1 aromatic carbocycles. The molecule has 0 aromatic heterocycles. The number of hydrogen-bond acceptors (Lipinski definition) is 3. The fraction of sp³-hybridized carbons (Fsp3) is 0.680. The maximum absolute atomic E-state index is 13.7. The second-order valence-electron chi connectivity index (χ2n) is 10.4. The maximum atomic E-state index is 13.7. The molecule has 0 bridgehead atoms. The van der Waals surface area contributed by atoms with Gasteiger partial charge in [0.2, 0.25) is 0 Å². The molecule has 1 aromatic rings. The van der Waals surface area contributed by atoms with Gasteiger partial charge < -0.3 is 5.32 Å². The molecule has 2 aliphatic carbocycles. The van der Waals surface area contributed by atoms with Crippen LogP contribution in [0.3, 0.4) is 0 Å². The molecule has 0 aliphatic heterocycles. The highest BCUT2D eigenvalue weighted by Gasteiger charge is 2.43. The van der Waals surface area contributed by atoms with Gasteiger partial charge in [-0.15, -0.1) is 0 Å². The van der Waals surface area contributed by atoms with Crippen molar-refractivity contribution in [2.45, 2.75) is 78.8 Å². The SMILES string of the molecule is CC(=O)[C@H]1CCC(C(=O)[C@@H](NCc2ccc(Cl)cc2Cl)C(C)(C)C)C[C@@H]2CCCC21. The van der Waals surface area contributed by atoms with E-state index in [1.54, 1.807) is 13.0 Å². The third kappa shape index (κ3) is 5.47. The van der Waals surface area contributed by atoms with Gasteiger partial charge in [0.1, 0.15) is 5.78 Å². The van der Waals surface area contributed by atoms with Crippen molar-refractivity contribution in [3.8, 4) is 0 Å². The summed E-state index contributed by atoms with van der Waals surface area (Å²) in [5, 5.41) is 4.73. The number of ketones is 2. The Morgan fingerprint density at radius 2 is 1.87 bits per heavy atom. The van der Waals surface area contributed by atoms with Gasteiger partial charge in [0.15, 0.2) is 5.78 Å². The Labute approximate surface area is 191 Å². The van der Waals surface area contributed by atoms with Gasteiger partial charge in [0.25, 0.3) is 0 Å². The second kappa shape index (κ2) is 9.71. The maximum Gasteiger partial charge on any atom is 0.153 e. The largest absolute Gasteiger partial charge is 0.303 e. The minimum absolute atomic E-state index is 0.0253. The van der Waals surface area contributed by atoms with Crippen LogP contribution in [0.1, 0.15) is 71.8 Å². The number of rotatable bonds is 6. The lowest BCUT2D eigenvalue weighted by molar-refractivity contribution is -0.128. The van der Waals surface area contributed by atoms with Crippen molar-refractivity contribution in [2.75, 3.05) is 0 Å². The Morgan fingerprint density at radius 3 is 2.50 bits per heavy atom. The standard InChI is InChI=1S/C25H35Cl2NO2/c1-15(29)20-11-9-17(12-16-6-5-7-21(16)20)23(30)24(25(2,3)4)28-14-18-8-10-19(26)13-22(18)27/h8,10,13,16-17,20-21,24,28H,5-7,9,11-12,14H2,1-4H3/t16-,17?,20+,21?,24+/m0/s1. The number of carbonyl (C=O) groups is 2. The van der Waals surface area contributed by atoms with Crippen molar-refractivity contribution >= 4 is 34.8 Å². The quantitative estimate of drug-likeness (QED) is 0.537. The molecule has 2 aliphatic rings. The van der Waals surface area contributed by atoms with E-state index in [1.807, 2.05) is 12.1 Å². The van der Waals surface area contributed by atoms with E-state index in [2.05, 4.69) is 26.1 Å². The number of fused-ring (bicyclic) bond motifs is 1. The lowest BCUT2D eigenvalue weighted by Gasteiger charge is -2.34. The van der Waals surface area contributed by atoms with E-state index in [9.17, 15) is 9.59 Å². The van der Waals surface area contributed by atoms with Crippen molar-refractivity contribution in [3.05, 3.63) is 33.8 Å². The molecular formula is C25H35Cl2NO2. The molecule has 166 valence electrons. The molecule has 30 heavy (non-hydrogen) atoms. The van der Waals surface area contributed by atoms with Crippen LogP contribution in [-0.2, 0) is 16.1 Å². The van der Waals surface area contributed by atoms with Crippen molar-refractivity contribution in [3.63, 3.8) is 0 Å². The fourth-order valence-corrected chi connectivity index (χ4v) is 6.15. The lowest BCUT2D eigenvalue weighted by Crippen LogP contribution is -2.48. The highest BCUT2D eigenvalue weighted by molar-refractivity contribution is 6.35. The summed E-state index contributed by atoms with van der Waals surface area (Å²) in [5.74, 6) is 1.77. The van der Waals surface area contributed by atoms with Gasteiger partial charge in [-0.25, -0.2) is 0 Å². The predicted octanol–water partition coefficient (Wildman–Crippen LogP) is 6.49. The number of hydrogen-bond donors (Lipinski definition) is 1. The molecule has 5 atom stereocenters. The summed E-state index contributed by atoms with van der Waals surface area (Å²) in [6.07, 6.45) is 6.11. The summed E-state index contributed by atoms with van der Waals surface area (Å²) >= 11 is 12.4. The van der Waals surface area contributed by atoms with E-state index in [1.165, 1.54) is 6.42 Å². The smallest absolute Gasteiger partial charge is 0.153 e. The summed E-state index contributed by atoms with van der Waals surface area (Å²) in [4.78, 5) is 26.0. The Morgan fingerprint density at radius 1 is 1.13 bits per heavy atom. The second-order valence-corrected chi connectivity index (χ2v) is 11.2. The van der Waals surface area contributed by atoms with Gasteiger partial charge >= 0.3 is 0 Å². The van der Waals surface area contributed by atoms with Crippen LogP contribution in [0.4, 0.5) is 0 Å². The van der Waals surface area contributed by atoms with Crippen LogP contribution in [0.15, 0.2) is 18.2 Å². The fourth-order valence-electron chi connectivity index (χ4n) is 5.68. The zero-order valence-electron chi connectivity index (χ0n) is 18.6. The molecule has 0 spiro atoms. The molecule has 5 heteroatoms. The first-order valence-electron chi connectivity index (χ1n) is 11.3.